The number of alkyl halides is 6. The quantitative estimate of drug-likeness (QED) is 0.510. The van der Waals surface area contributed by atoms with Gasteiger partial charge >= 0.3 is 12.4 Å². The van der Waals surface area contributed by atoms with Gasteiger partial charge in [0.05, 0.1) is 11.4 Å². The van der Waals surface area contributed by atoms with Crippen LogP contribution < -0.4 is 10.2 Å². The smallest absolute Gasteiger partial charge is 0.354 e. The van der Waals surface area contributed by atoms with E-state index in [1.54, 1.807) is 13.2 Å². The lowest BCUT2D eigenvalue weighted by Crippen LogP contribution is -2.53. The molecule has 0 bridgehead atoms. The van der Waals surface area contributed by atoms with E-state index in [0.29, 0.717) is 43.4 Å². The maximum atomic E-state index is 12.5. The molecule has 9 nitrogen and oxygen atoms in total. The Morgan fingerprint density at radius 3 is 2.10 bits per heavy atom. The van der Waals surface area contributed by atoms with Crippen LogP contribution in [0.15, 0.2) is 18.6 Å². The van der Waals surface area contributed by atoms with Crippen molar-refractivity contribution in [3.8, 4) is 0 Å². The molecule has 4 heterocycles. The van der Waals surface area contributed by atoms with Gasteiger partial charge in [-0.25, -0.2) is 9.97 Å². The average Bonchev–Trinajstić information content (AvgIpc) is 3.36. The zero-order valence-corrected chi connectivity index (χ0v) is 23.5. The number of H-pyrrole nitrogens is 1. The van der Waals surface area contributed by atoms with Crippen LogP contribution in [0.25, 0.3) is 11.0 Å². The van der Waals surface area contributed by atoms with Gasteiger partial charge in [-0.2, -0.15) is 26.3 Å². The van der Waals surface area contributed by atoms with Crippen LogP contribution in [0.4, 0.5) is 32.2 Å². The van der Waals surface area contributed by atoms with Crippen molar-refractivity contribution in [1.29, 1.82) is 0 Å². The molecule has 4 unspecified atom stereocenters. The third-order valence-corrected chi connectivity index (χ3v) is 7.82. The first-order valence-electron chi connectivity index (χ1n) is 13.5. The van der Waals surface area contributed by atoms with Crippen molar-refractivity contribution >= 4 is 28.7 Å². The Labute approximate surface area is 234 Å². The van der Waals surface area contributed by atoms with Crippen LogP contribution in [0.1, 0.15) is 39.5 Å². The Bertz CT molecular complexity index is 1170. The molecule has 0 spiro atoms. The van der Waals surface area contributed by atoms with Crippen molar-refractivity contribution in [3.63, 3.8) is 0 Å². The highest BCUT2D eigenvalue weighted by Crippen LogP contribution is 2.30. The van der Waals surface area contributed by atoms with Crippen LogP contribution in [0.2, 0.25) is 0 Å². The summed E-state index contributed by atoms with van der Waals surface area (Å²) in [6.45, 7) is 5.47. The summed E-state index contributed by atoms with van der Waals surface area (Å²) in [5, 5.41) is 3.87. The number of likely N-dealkylation sites (N-methyl/N-ethyl adjacent to an activating group) is 2. The second-order valence-corrected chi connectivity index (χ2v) is 10.8. The van der Waals surface area contributed by atoms with Crippen molar-refractivity contribution in [2.75, 3.05) is 45.2 Å². The van der Waals surface area contributed by atoms with Gasteiger partial charge in [-0.15, -0.1) is 0 Å². The summed E-state index contributed by atoms with van der Waals surface area (Å²) in [7, 11) is 3.62. The van der Waals surface area contributed by atoms with Gasteiger partial charge in [-0.05, 0) is 37.8 Å². The molecular weight excluding hydrogens is 556 g/mol. The SMILES string of the molecule is CC1CCN(C(=O)CC(F)(F)F)CC1N(C)c1ncnc2[nH]ccc12.CNC1CN(C(=O)CC(F)(F)F)CCC1C. The number of hydrogen-bond acceptors (Lipinski definition) is 6. The Morgan fingerprint density at radius 2 is 1.54 bits per heavy atom. The summed E-state index contributed by atoms with van der Waals surface area (Å²) in [5.74, 6) is -0.371. The normalized spacial score (nSPS) is 23.7. The van der Waals surface area contributed by atoms with E-state index in [0.717, 1.165) is 11.8 Å². The van der Waals surface area contributed by atoms with Gasteiger partial charge < -0.3 is 25.0 Å². The highest BCUT2D eigenvalue weighted by molar-refractivity contribution is 5.87. The summed E-state index contributed by atoms with van der Waals surface area (Å²) in [6.07, 6.45) is -7.04. The van der Waals surface area contributed by atoms with Crippen LogP contribution >= 0.6 is 0 Å². The number of likely N-dealkylation sites (tertiary alicyclic amines) is 2. The number of fused-ring (bicyclic) bond motifs is 1. The Balaban J connectivity index is 0.000000250. The number of nitrogens with one attached hydrogen (secondary N) is 2. The topological polar surface area (TPSA) is 97.5 Å². The zero-order valence-electron chi connectivity index (χ0n) is 23.5. The lowest BCUT2D eigenvalue weighted by molar-refractivity contribution is -0.164. The van der Waals surface area contributed by atoms with Gasteiger partial charge in [0, 0.05) is 45.5 Å². The van der Waals surface area contributed by atoms with Gasteiger partial charge in [-0.3, -0.25) is 9.59 Å². The number of anilines is 1. The van der Waals surface area contributed by atoms with Crippen LogP contribution in [0.5, 0.6) is 0 Å². The highest BCUT2D eigenvalue weighted by atomic mass is 19.4. The van der Waals surface area contributed by atoms with E-state index in [9.17, 15) is 35.9 Å². The maximum Gasteiger partial charge on any atom is 0.397 e. The first-order valence-corrected chi connectivity index (χ1v) is 13.5. The number of amides is 2. The van der Waals surface area contributed by atoms with Gasteiger partial charge in [0.1, 0.15) is 30.6 Å². The molecule has 0 aliphatic carbocycles. The Hall–Kier alpha value is -3.10. The van der Waals surface area contributed by atoms with Gasteiger partial charge in [0.15, 0.2) is 0 Å². The van der Waals surface area contributed by atoms with Gasteiger partial charge in [0.25, 0.3) is 0 Å². The second-order valence-electron chi connectivity index (χ2n) is 10.8. The number of rotatable bonds is 5. The monoisotopic (exact) mass is 593 g/mol. The van der Waals surface area contributed by atoms with E-state index in [2.05, 4.69) is 20.3 Å². The number of hydrogen-bond donors (Lipinski definition) is 2. The molecule has 2 aliphatic heterocycles. The minimum absolute atomic E-state index is 0.0888. The Kier molecular flexibility index (Phi) is 10.5. The lowest BCUT2D eigenvalue weighted by Gasteiger charge is -2.42. The van der Waals surface area contributed by atoms with E-state index < -0.39 is 37.0 Å². The minimum atomic E-state index is -4.48. The van der Waals surface area contributed by atoms with E-state index >= 15 is 0 Å². The molecule has 2 amide bonds. The molecule has 0 aromatic carbocycles. The number of piperidine rings is 2. The largest absolute Gasteiger partial charge is 0.397 e. The van der Waals surface area contributed by atoms with Crippen LogP contribution in [0, 0.1) is 11.8 Å². The van der Waals surface area contributed by atoms with Crippen molar-refractivity contribution in [3.05, 3.63) is 18.6 Å². The molecule has 41 heavy (non-hydrogen) atoms. The van der Waals surface area contributed by atoms with Crippen molar-refractivity contribution < 1.29 is 35.9 Å². The van der Waals surface area contributed by atoms with E-state index in [1.807, 2.05) is 31.9 Å². The fourth-order valence-electron chi connectivity index (χ4n) is 5.31. The van der Waals surface area contributed by atoms with Gasteiger partial charge in [0.2, 0.25) is 11.8 Å². The number of carbonyl (C=O) groups is 2. The highest BCUT2D eigenvalue weighted by Gasteiger charge is 2.38. The molecule has 0 radical (unpaired) electrons. The number of aromatic nitrogens is 3. The third-order valence-electron chi connectivity index (χ3n) is 7.82. The van der Waals surface area contributed by atoms with Crippen molar-refractivity contribution in [2.24, 2.45) is 11.8 Å². The first kappa shape index (κ1) is 32.4. The summed E-state index contributed by atoms with van der Waals surface area (Å²) < 4.78 is 73.7. The number of carbonyl (C=O) groups excluding carboxylic acids is 2. The Morgan fingerprint density at radius 1 is 0.976 bits per heavy atom. The maximum absolute atomic E-state index is 12.5. The molecular formula is C26H37F6N7O2. The second kappa shape index (κ2) is 13.3. The summed E-state index contributed by atoms with van der Waals surface area (Å²) >= 11 is 0. The molecule has 0 saturated carbocycles. The molecule has 2 aromatic heterocycles. The third kappa shape index (κ3) is 8.94. The van der Waals surface area contributed by atoms with E-state index in [4.69, 9.17) is 0 Å². The number of nitrogens with zero attached hydrogens (tertiary/aromatic N) is 5. The summed E-state index contributed by atoms with van der Waals surface area (Å²) in [5.41, 5.74) is 0.699. The standard InChI is InChI=1S/C16H20F3N5O.C10H17F3N2O/c1-10-4-6-24(13(25)7-16(17,18)19)8-12(10)23(2)15-11-3-5-20-14(11)21-9-22-15;1-7-3-4-15(6-8(7)14-2)9(16)5-10(11,12)13/h3,5,9-10,12H,4,6-8H2,1-2H3,(H,20,21,22);7-8,14H,3-6H2,1-2H3. The zero-order chi connectivity index (χ0) is 30.5. The first-order chi connectivity index (χ1) is 19.1. The van der Waals surface area contributed by atoms with E-state index in [1.165, 1.54) is 16.1 Å². The fourth-order valence-corrected chi connectivity index (χ4v) is 5.31. The summed E-state index contributed by atoms with van der Waals surface area (Å²) in [6, 6.07) is 1.84. The minimum Gasteiger partial charge on any atom is -0.354 e. The molecule has 4 rings (SSSR count). The van der Waals surface area contributed by atoms with Crippen LogP contribution in [-0.4, -0.2) is 101 Å². The number of halogens is 6. The molecule has 15 heteroatoms. The summed E-state index contributed by atoms with van der Waals surface area (Å²) in [4.78, 5) is 39.4. The molecule has 2 aliphatic rings. The van der Waals surface area contributed by atoms with Crippen LogP contribution in [-0.2, 0) is 9.59 Å². The van der Waals surface area contributed by atoms with Gasteiger partial charge in [-0.1, -0.05) is 13.8 Å². The van der Waals surface area contributed by atoms with Crippen molar-refractivity contribution in [1.82, 2.24) is 30.1 Å². The molecule has 230 valence electrons. The molecule has 4 atom stereocenters. The molecule has 2 fully saturated rings. The lowest BCUT2D eigenvalue weighted by atomic mass is 9.92. The molecule has 2 saturated heterocycles. The average molecular weight is 594 g/mol. The predicted octanol–water partition coefficient (Wildman–Crippen LogP) is 3.98. The molecule has 2 aromatic rings. The van der Waals surface area contributed by atoms with Crippen molar-refractivity contribution in [2.45, 2.75) is 64.0 Å². The number of aromatic amines is 1. The van der Waals surface area contributed by atoms with Crippen LogP contribution in [0.3, 0.4) is 0 Å². The molecule has 2 N–H and O–H groups in total. The predicted molar refractivity (Wildman–Crippen MR) is 141 cm³/mol. The fraction of sp³-hybridized carbons (Fsp3) is 0.692. The van der Waals surface area contributed by atoms with E-state index in [-0.39, 0.29) is 24.5 Å².